The van der Waals surface area contributed by atoms with Crippen molar-refractivity contribution in [3.8, 4) is 11.3 Å². The van der Waals surface area contributed by atoms with E-state index in [-0.39, 0.29) is 6.42 Å². The number of aliphatic carboxylic acids is 1. The number of nitrogens with zero attached hydrogens (tertiary/aromatic N) is 1. The van der Waals surface area contributed by atoms with Crippen molar-refractivity contribution in [3.05, 3.63) is 37.5 Å². The number of halogens is 2. The van der Waals surface area contributed by atoms with E-state index in [0.29, 0.717) is 5.01 Å². The number of rotatable bonds is 3. The van der Waals surface area contributed by atoms with Crippen molar-refractivity contribution < 1.29 is 9.90 Å². The van der Waals surface area contributed by atoms with Crippen LogP contribution in [0.1, 0.15) is 5.01 Å². The Morgan fingerprint density at radius 1 is 1.41 bits per heavy atom. The first-order chi connectivity index (χ1) is 8.06. The third kappa shape index (κ3) is 3.14. The maximum absolute atomic E-state index is 10.6. The largest absolute Gasteiger partial charge is 0.481 e. The molecule has 3 nitrogen and oxygen atoms in total. The second-order valence-corrected chi connectivity index (χ2v) is 6.03. The number of carbonyl (C=O) groups is 1. The van der Waals surface area contributed by atoms with E-state index in [0.717, 1.165) is 20.2 Å². The highest BCUT2D eigenvalue weighted by Gasteiger charge is 2.10. The Kier molecular flexibility index (Phi) is 3.96. The summed E-state index contributed by atoms with van der Waals surface area (Å²) in [5.74, 6) is -0.862. The lowest BCUT2D eigenvalue weighted by Crippen LogP contribution is -1.99. The monoisotopic (exact) mass is 375 g/mol. The Labute approximate surface area is 119 Å². The summed E-state index contributed by atoms with van der Waals surface area (Å²) in [6.07, 6.45) is -0.0315. The van der Waals surface area contributed by atoms with Crippen LogP contribution in [-0.2, 0) is 11.2 Å². The van der Waals surface area contributed by atoms with Crippen molar-refractivity contribution in [2.75, 3.05) is 0 Å². The minimum absolute atomic E-state index is 0.0315. The molecule has 2 aromatic rings. The first-order valence-corrected chi connectivity index (χ1v) is 7.14. The van der Waals surface area contributed by atoms with Crippen LogP contribution < -0.4 is 0 Å². The molecule has 1 aromatic carbocycles. The highest BCUT2D eigenvalue weighted by Crippen LogP contribution is 2.31. The lowest BCUT2D eigenvalue weighted by molar-refractivity contribution is -0.136. The summed E-state index contributed by atoms with van der Waals surface area (Å²) in [4.78, 5) is 14.9. The van der Waals surface area contributed by atoms with E-state index in [1.165, 1.54) is 11.3 Å². The number of benzene rings is 1. The Morgan fingerprint density at radius 3 is 2.88 bits per heavy atom. The van der Waals surface area contributed by atoms with Crippen molar-refractivity contribution in [1.82, 2.24) is 4.98 Å². The molecule has 0 radical (unpaired) electrons. The highest BCUT2D eigenvalue weighted by atomic mass is 79.9. The topological polar surface area (TPSA) is 50.2 Å². The number of hydrogen-bond acceptors (Lipinski definition) is 3. The molecule has 0 fully saturated rings. The summed E-state index contributed by atoms with van der Waals surface area (Å²) in [6.45, 7) is 0. The van der Waals surface area contributed by atoms with Gasteiger partial charge < -0.3 is 5.11 Å². The fraction of sp³-hybridized carbons (Fsp3) is 0.0909. The van der Waals surface area contributed by atoms with E-state index in [1.54, 1.807) is 0 Å². The molecular formula is C11H7Br2NO2S. The van der Waals surface area contributed by atoms with Crippen molar-refractivity contribution in [3.63, 3.8) is 0 Å². The first-order valence-electron chi connectivity index (χ1n) is 4.68. The van der Waals surface area contributed by atoms with Crippen molar-refractivity contribution in [2.24, 2.45) is 0 Å². The minimum Gasteiger partial charge on any atom is -0.481 e. The lowest BCUT2D eigenvalue weighted by Gasteiger charge is -2.01. The second kappa shape index (κ2) is 5.29. The van der Waals surface area contributed by atoms with Gasteiger partial charge in [-0.15, -0.1) is 11.3 Å². The number of hydrogen-bond donors (Lipinski definition) is 1. The quantitative estimate of drug-likeness (QED) is 0.881. The summed E-state index contributed by atoms with van der Waals surface area (Å²) < 4.78 is 1.90. The van der Waals surface area contributed by atoms with Gasteiger partial charge in [0.1, 0.15) is 5.01 Å². The summed E-state index contributed by atoms with van der Waals surface area (Å²) in [5.41, 5.74) is 1.74. The molecule has 0 atom stereocenters. The van der Waals surface area contributed by atoms with E-state index >= 15 is 0 Å². The summed E-state index contributed by atoms with van der Waals surface area (Å²) in [5, 5.41) is 11.2. The van der Waals surface area contributed by atoms with Crippen LogP contribution in [0.5, 0.6) is 0 Å². The van der Waals surface area contributed by atoms with Gasteiger partial charge >= 0.3 is 5.97 Å². The Bertz CT molecular complexity index is 568. The average molecular weight is 377 g/mol. The van der Waals surface area contributed by atoms with Crippen molar-refractivity contribution in [1.29, 1.82) is 0 Å². The van der Waals surface area contributed by atoms with Gasteiger partial charge in [-0.2, -0.15) is 0 Å². The SMILES string of the molecule is O=C(O)Cc1nc(-c2cc(Br)ccc2Br)cs1. The first kappa shape index (κ1) is 12.7. The molecule has 1 heterocycles. The standard InChI is InChI=1S/C11H7Br2NO2S/c12-6-1-2-8(13)7(3-6)9-5-17-10(14-9)4-11(15)16/h1-3,5H,4H2,(H,15,16). The smallest absolute Gasteiger partial charge is 0.310 e. The molecule has 0 bridgehead atoms. The van der Waals surface area contributed by atoms with Gasteiger partial charge in [0.25, 0.3) is 0 Å². The molecule has 6 heteroatoms. The van der Waals surface area contributed by atoms with E-state index in [2.05, 4.69) is 36.8 Å². The lowest BCUT2D eigenvalue weighted by atomic mass is 10.2. The molecule has 2 rings (SSSR count). The molecule has 0 saturated carbocycles. The molecule has 0 aliphatic rings. The molecule has 88 valence electrons. The molecule has 1 aromatic heterocycles. The average Bonchev–Trinajstić information content (AvgIpc) is 2.69. The van der Waals surface area contributed by atoms with Gasteiger partial charge in [-0.3, -0.25) is 4.79 Å². The normalized spacial score (nSPS) is 10.5. The highest BCUT2D eigenvalue weighted by molar-refractivity contribution is 9.11. The summed E-state index contributed by atoms with van der Waals surface area (Å²) in [6, 6.07) is 5.80. The van der Waals surface area contributed by atoms with Gasteiger partial charge in [0.2, 0.25) is 0 Å². The predicted octanol–water partition coefficient (Wildman–Crippen LogP) is 3.96. The zero-order chi connectivity index (χ0) is 12.4. The summed E-state index contributed by atoms with van der Waals surface area (Å²) in [7, 11) is 0. The number of aromatic nitrogens is 1. The molecule has 0 spiro atoms. The molecule has 1 N–H and O–H groups in total. The van der Waals surface area contributed by atoms with Gasteiger partial charge in [-0.05, 0) is 18.2 Å². The van der Waals surface area contributed by atoms with E-state index in [4.69, 9.17) is 5.11 Å². The van der Waals surface area contributed by atoms with Crippen LogP contribution in [0, 0.1) is 0 Å². The van der Waals surface area contributed by atoms with Crippen LogP contribution in [0.4, 0.5) is 0 Å². The van der Waals surface area contributed by atoms with Gasteiger partial charge in [0, 0.05) is 19.9 Å². The van der Waals surface area contributed by atoms with Gasteiger partial charge in [0.05, 0.1) is 12.1 Å². The number of thiazole rings is 1. The molecule has 0 aliphatic heterocycles. The van der Waals surface area contributed by atoms with E-state index in [9.17, 15) is 4.79 Å². The van der Waals surface area contributed by atoms with Gasteiger partial charge in [0.15, 0.2) is 0 Å². The molecule has 0 aliphatic carbocycles. The zero-order valence-electron chi connectivity index (χ0n) is 8.48. The van der Waals surface area contributed by atoms with Crippen LogP contribution in [0.3, 0.4) is 0 Å². The molecule has 0 amide bonds. The van der Waals surface area contributed by atoms with Gasteiger partial charge in [-0.1, -0.05) is 31.9 Å². The fourth-order valence-electron chi connectivity index (χ4n) is 1.34. The van der Waals surface area contributed by atoms with Gasteiger partial charge in [-0.25, -0.2) is 4.98 Å². The van der Waals surface area contributed by atoms with Crippen LogP contribution in [0.25, 0.3) is 11.3 Å². The minimum atomic E-state index is -0.862. The van der Waals surface area contributed by atoms with Crippen LogP contribution >= 0.6 is 43.2 Å². The number of carboxylic acids is 1. The van der Waals surface area contributed by atoms with Crippen LogP contribution in [-0.4, -0.2) is 16.1 Å². The Hall–Kier alpha value is -0.720. The van der Waals surface area contributed by atoms with E-state index in [1.807, 2.05) is 23.6 Å². The van der Waals surface area contributed by atoms with Crippen molar-refractivity contribution >= 4 is 49.2 Å². The predicted molar refractivity (Wildman–Crippen MR) is 74.3 cm³/mol. The van der Waals surface area contributed by atoms with E-state index < -0.39 is 5.97 Å². The Morgan fingerprint density at radius 2 is 2.18 bits per heavy atom. The molecule has 0 saturated heterocycles. The molecule has 17 heavy (non-hydrogen) atoms. The Balaban J connectivity index is 2.36. The third-order valence-corrected chi connectivity index (χ3v) is 4.09. The second-order valence-electron chi connectivity index (χ2n) is 3.32. The number of carboxylic acid groups (broad SMARTS) is 1. The van der Waals surface area contributed by atoms with Crippen LogP contribution in [0.15, 0.2) is 32.5 Å². The maximum atomic E-state index is 10.6. The zero-order valence-corrected chi connectivity index (χ0v) is 12.5. The van der Waals surface area contributed by atoms with Crippen molar-refractivity contribution in [2.45, 2.75) is 6.42 Å². The molecule has 0 unspecified atom stereocenters. The fourth-order valence-corrected chi connectivity index (χ4v) is 2.93. The third-order valence-electron chi connectivity index (χ3n) is 2.06. The maximum Gasteiger partial charge on any atom is 0.310 e. The summed E-state index contributed by atoms with van der Waals surface area (Å²) >= 11 is 8.22. The van der Waals surface area contributed by atoms with Crippen LogP contribution in [0.2, 0.25) is 0 Å². The molecular weight excluding hydrogens is 370 g/mol.